The Bertz CT molecular complexity index is 890. The topological polar surface area (TPSA) is 87.9 Å². The van der Waals surface area contributed by atoms with Gasteiger partial charge in [-0.3, -0.25) is 4.79 Å². The first-order valence-corrected chi connectivity index (χ1v) is 9.39. The molecule has 0 radical (unpaired) electrons. The molecule has 0 unspecified atom stereocenters. The second-order valence-electron chi connectivity index (χ2n) is 7.93. The van der Waals surface area contributed by atoms with Crippen molar-refractivity contribution < 1.29 is 9.53 Å². The third-order valence-corrected chi connectivity index (χ3v) is 5.91. The number of hydrogen-bond acceptors (Lipinski definition) is 5. The molecule has 1 saturated carbocycles. The normalized spacial score (nSPS) is 22.2. The van der Waals surface area contributed by atoms with Crippen molar-refractivity contribution in [2.24, 2.45) is 10.8 Å². The van der Waals surface area contributed by atoms with Crippen molar-refractivity contribution in [1.29, 1.82) is 5.26 Å². The van der Waals surface area contributed by atoms with E-state index in [4.69, 9.17) is 10.00 Å². The quantitative estimate of drug-likeness (QED) is 0.801. The molecule has 0 bridgehead atoms. The first-order chi connectivity index (χ1) is 12.7. The monoisotopic (exact) mass is 428 g/mol. The first-order valence-electron chi connectivity index (χ1n) is 8.60. The van der Waals surface area contributed by atoms with E-state index in [-0.39, 0.29) is 28.9 Å². The largest absolute Gasteiger partial charge is 0.489 e. The number of carbonyl (C=O) groups excluding carboxylic acids is 1. The summed E-state index contributed by atoms with van der Waals surface area (Å²) in [5.41, 5.74) is 0.429. The van der Waals surface area contributed by atoms with Crippen molar-refractivity contribution in [3.8, 4) is 11.8 Å². The summed E-state index contributed by atoms with van der Waals surface area (Å²) in [5, 5.41) is 12.2. The minimum absolute atomic E-state index is 0.0791. The van der Waals surface area contributed by atoms with Crippen LogP contribution in [0.1, 0.15) is 43.6 Å². The summed E-state index contributed by atoms with van der Waals surface area (Å²) in [6.45, 7) is 8.31. The molecule has 1 aromatic carbocycles. The molecule has 0 spiro atoms. The highest BCUT2D eigenvalue weighted by atomic mass is 79.9. The molecule has 6 nitrogen and oxygen atoms in total. The summed E-state index contributed by atoms with van der Waals surface area (Å²) in [4.78, 5) is 20.3. The lowest BCUT2D eigenvalue weighted by molar-refractivity contribution is -0.164. The molecule has 27 heavy (non-hydrogen) atoms. The van der Waals surface area contributed by atoms with Crippen LogP contribution in [0.15, 0.2) is 41.4 Å². The zero-order valence-electron chi connectivity index (χ0n) is 15.7. The number of aromatic nitrogens is 2. The molecule has 0 saturated heterocycles. The van der Waals surface area contributed by atoms with E-state index in [1.807, 2.05) is 0 Å². The van der Waals surface area contributed by atoms with Crippen LogP contribution < -0.4 is 10.1 Å². The van der Waals surface area contributed by atoms with Crippen LogP contribution in [0.5, 0.6) is 5.75 Å². The Morgan fingerprint density at radius 2 is 1.85 bits per heavy atom. The number of ether oxygens (including phenoxy) is 1. The summed E-state index contributed by atoms with van der Waals surface area (Å²) in [6.07, 6.45) is 4.29. The highest BCUT2D eigenvalue weighted by Gasteiger charge is 2.64. The van der Waals surface area contributed by atoms with Gasteiger partial charge in [0, 0.05) is 33.7 Å². The summed E-state index contributed by atoms with van der Waals surface area (Å²) in [6, 6.07) is 7.37. The Morgan fingerprint density at radius 1 is 1.22 bits per heavy atom. The van der Waals surface area contributed by atoms with Gasteiger partial charge in [0.2, 0.25) is 0 Å². The lowest BCUT2D eigenvalue weighted by Gasteiger charge is -2.63. The number of hydrogen-bond donors (Lipinski definition) is 1. The zero-order chi connectivity index (χ0) is 19.8. The number of nitriles is 1. The standard InChI is InChI=1S/C20H21BrN4O2/c1-19(2)17(25-16(26)13-9-23-11-24-10-13)20(3,4)18(19)27-14-6-5-12(8-22)15(21)7-14/h5-7,9-11,17-18H,1-4H3,(H,25,26)/t17-,18-. The number of halogens is 1. The van der Waals surface area contributed by atoms with E-state index in [0.717, 1.165) is 0 Å². The third kappa shape index (κ3) is 3.42. The number of nitrogens with zero attached hydrogens (tertiary/aromatic N) is 3. The number of rotatable bonds is 4. The Hall–Kier alpha value is -2.46. The minimum atomic E-state index is -0.283. The molecule has 1 amide bonds. The van der Waals surface area contributed by atoms with Crippen molar-refractivity contribution in [3.05, 3.63) is 52.5 Å². The molecule has 1 N–H and O–H groups in total. The van der Waals surface area contributed by atoms with Gasteiger partial charge in [-0.2, -0.15) is 5.26 Å². The van der Waals surface area contributed by atoms with Gasteiger partial charge in [0.05, 0.1) is 11.1 Å². The molecule has 1 heterocycles. The summed E-state index contributed by atoms with van der Waals surface area (Å²) < 4.78 is 6.96. The predicted octanol–water partition coefficient (Wildman–Crippen LogP) is 3.72. The van der Waals surface area contributed by atoms with Crippen molar-refractivity contribution in [2.75, 3.05) is 0 Å². The van der Waals surface area contributed by atoms with E-state index in [0.29, 0.717) is 21.3 Å². The van der Waals surface area contributed by atoms with E-state index in [1.54, 1.807) is 18.2 Å². The smallest absolute Gasteiger partial charge is 0.254 e. The van der Waals surface area contributed by atoms with Gasteiger partial charge in [0.1, 0.15) is 24.3 Å². The molecule has 1 fully saturated rings. The highest BCUT2D eigenvalue weighted by Crippen LogP contribution is 2.55. The molecule has 7 heteroatoms. The van der Waals surface area contributed by atoms with Crippen LogP contribution in [0.25, 0.3) is 0 Å². The maximum Gasteiger partial charge on any atom is 0.254 e. The van der Waals surface area contributed by atoms with E-state index < -0.39 is 0 Å². The number of benzene rings is 1. The van der Waals surface area contributed by atoms with Gasteiger partial charge in [-0.15, -0.1) is 0 Å². The average molecular weight is 429 g/mol. The SMILES string of the molecule is CC1(C)[C@H](NC(=O)c2cncnc2)C(C)(C)[C@H]1Oc1ccc(C#N)c(Br)c1. The lowest BCUT2D eigenvalue weighted by Crippen LogP contribution is -2.74. The fraction of sp³-hybridized carbons (Fsp3) is 0.400. The first kappa shape index (κ1) is 19.3. The maximum absolute atomic E-state index is 12.5. The van der Waals surface area contributed by atoms with Crippen molar-refractivity contribution in [2.45, 2.75) is 39.8 Å². The molecule has 1 aliphatic rings. The van der Waals surface area contributed by atoms with Crippen LogP contribution >= 0.6 is 15.9 Å². The fourth-order valence-electron chi connectivity index (χ4n) is 4.23. The minimum Gasteiger partial charge on any atom is -0.489 e. The van der Waals surface area contributed by atoms with Gasteiger partial charge in [0.15, 0.2) is 0 Å². The van der Waals surface area contributed by atoms with Crippen molar-refractivity contribution in [3.63, 3.8) is 0 Å². The van der Waals surface area contributed by atoms with Crippen LogP contribution in [-0.4, -0.2) is 28.0 Å². The van der Waals surface area contributed by atoms with Crippen molar-refractivity contribution >= 4 is 21.8 Å². The van der Waals surface area contributed by atoms with Gasteiger partial charge in [-0.05, 0) is 34.1 Å². The second kappa shape index (κ2) is 6.93. The van der Waals surface area contributed by atoms with E-state index >= 15 is 0 Å². The number of nitrogens with one attached hydrogen (secondary N) is 1. The van der Waals surface area contributed by atoms with Crippen LogP contribution in [0.2, 0.25) is 0 Å². The molecule has 2 aromatic rings. The zero-order valence-corrected chi connectivity index (χ0v) is 17.2. The van der Waals surface area contributed by atoms with Crippen LogP contribution in [-0.2, 0) is 0 Å². The second-order valence-corrected chi connectivity index (χ2v) is 8.78. The molecular weight excluding hydrogens is 408 g/mol. The molecule has 1 aliphatic carbocycles. The molecular formula is C20H21BrN4O2. The Morgan fingerprint density at radius 3 is 2.41 bits per heavy atom. The molecule has 0 aliphatic heterocycles. The van der Waals surface area contributed by atoms with Crippen LogP contribution in [0, 0.1) is 22.2 Å². The van der Waals surface area contributed by atoms with Gasteiger partial charge >= 0.3 is 0 Å². The summed E-state index contributed by atoms with van der Waals surface area (Å²) in [5.74, 6) is 0.495. The summed E-state index contributed by atoms with van der Waals surface area (Å²) in [7, 11) is 0. The Labute approximate surface area is 167 Å². The van der Waals surface area contributed by atoms with Crippen LogP contribution in [0.3, 0.4) is 0 Å². The van der Waals surface area contributed by atoms with Gasteiger partial charge < -0.3 is 10.1 Å². The summed E-state index contributed by atoms with van der Waals surface area (Å²) >= 11 is 3.39. The third-order valence-electron chi connectivity index (χ3n) is 5.25. The Balaban J connectivity index is 1.77. The van der Waals surface area contributed by atoms with E-state index in [9.17, 15) is 4.79 Å². The molecule has 3 rings (SSSR count). The molecule has 140 valence electrons. The Kier molecular flexibility index (Phi) is 4.96. The fourth-order valence-corrected chi connectivity index (χ4v) is 4.67. The molecule has 1 aromatic heterocycles. The predicted molar refractivity (Wildman–Crippen MR) is 104 cm³/mol. The molecule has 0 atom stereocenters. The highest BCUT2D eigenvalue weighted by molar-refractivity contribution is 9.10. The van der Waals surface area contributed by atoms with E-state index in [2.05, 4.69) is 65.0 Å². The van der Waals surface area contributed by atoms with E-state index in [1.165, 1.54) is 18.7 Å². The van der Waals surface area contributed by atoms with Crippen molar-refractivity contribution in [1.82, 2.24) is 15.3 Å². The number of amides is 1. The van der Waals surface area contributed by atoms with Gasteiger partial charge in [-0.25, -0.2) is 9.97 Å². The van der Waals surface area contributed by atoms with Gasteiger partial charge in [-0.1, -0.05) is 27.7 Å². The average Bonchev–Trinajstić information content (AvgIpc) is 2.64. The number of carbonyl (C=O) groups is 1. The van der Waals surface area contributed by atoms with Crippen LogP contribution in [0.4, 0.5) is 0 Å². The maximum atomic E-state index is 12.5. The lowest BCUT2D eigenvalue weighted by atomic mass is 9.49. The van der Waals surface area contributed by atoms with Gasteiger partial charge in [0.25, 0.3) is 5.91 Å².